The summed E-state index contributed by atoms with van der Waals surface area (Å²) < 4.78 is 0. The van der Waals surface area contributed by atoms with E-state index in [0.717, 1.165) is 27.1 Å². The zero-order valence-electron chi connectivity index (χ0n) is 9.97. The van der Waals surface area contributed by atoms with E-state index in [0.29, 0.717) is 5.56 Å². The van der Waals surface area contributed by atoms with E-state index in [9.17, 15) is 9.90 Å². The molecule has 18 heavy (non-hydrogen) atoms. The molecular formula is C16H12O2. The fraction of sp³-hybridized carbons (Fsp3) is 0.0625. The van der Waals surface area contributed by atoms with Crippen LogP contribution < -0.4 is 0 Å². The molecule has 0 fully saturated rings. The molecule has 3 aromatic rings. The van der Waals surface area contributed by atoms with Crippen LogP contribution in [0.5, 0.6) is 0 Å². The highest BCUT2D eigenvalue weighted by atomic mass is 16.4. The lowest BCUT2D eigenvalue weighted by atomic mass is 9.94. The Bertz CT molecular complexity index is 772. The number of rotatable bonds is 1. The van der Waals surface area contributed by atoms with Gasteiger partial charge in [-0.3, -0.25) is 0 Å². The van der Waals surface area contributed by atoms with Gasteiger partial charge in [-0.1, -0.05) is 42.5 Å². The van der Waals surface area contributed by atoms with Crippen LogP contribution in [0, 0.1) is 6.92 Å². The standard InChI is InChI=1S/C16H12O2/c1-10-5-4-8-13-14(10)9-11-6-2-3-7-12(11)15(13)16(17)18/h2-9H,1H3,(H,17,18). The third kappa shape index (κ3) is 1.46. The molecule has 2 heteroatoms. The number of carbonyl (C=O) groups is 1. The van der Waals surface area contributed by atoms with Gasteiger partial charge in [0.2, 0.25) is 0 Å². The second-order valence-electron chi connectivity index (χ2n) is 4.45. The molecule has 0 aliphatic carbocycles. The van der Waals surface area contributed by atoms with Crippen LogP contribution in [0.25, 0.3) is 21.5 Å². The van der Waals surface area contributed by atoms with Gasteiger partial charge in [-0.15, -0.1) is 0 Å². The Labute approximate surface area is 104 Å². The molecule has 3 aromatic carbocycles. The molecule has 0 heterocycles. The predicted molar refractivity (Wildman–Crippen MR) is 73.2 cm³/mol. The third-order valence-corrected chi connectivity index (χ3v) is 3.34. The summed E-state index contributed by atoms with van der Waals surface area (Å²) >= 11 is 0. The van der Waals surface area contributed by atoms with E-state index in [1.54, 1.807) is 0 Å². The van der Waals surface area contributed by atoms with Crippen LogP contribution in [0.3, 0.4) is 0 Å². The Balaban J connectivity index is 2.63. The molecule has 2 nitrogen and oxygen atoms in total. The van der Waals surface area contributed by atoms with Gasteiger partial charge < -0.3 is 5.11 Å². The molecule has 3 rings (SSSR count). The summed E-state index contributed by atoms with van der Waals surface area (Å²) in [6.07, 6.45) is 0. The summed E-state index contributed by atoms with van der Waals surface area (Å²) in [5, 5.41) is 13.1. The van der Waals surface area contributed by atoms with Crippen molar-refractivity contribution in [1.82, 2.24) is 0 Å². The topological polar surface area (TPSA) is 37.3 Å². The molecule has 0 saturated heterocycles. The number of carboxylic acids is 1. The number of fused-ring (bicyclic) bond motifs is 2. The Morgan fingerprint density at radius 1 is 0.944 bits per heavy atom. The second-order valence-corrected chi connectivity index (χ2v) is 4.45. The second kappa shape index (κ2) is 3.84. The minimum Gasteiger partial charge on any atom is -0.478 e. The summed E-state index contributed by atoms with van der Waals surface area (Å²) in [6, 6.07) is 15.5. The largest absolute Gasteiger partial charge is 0.478 e. The lowest BCUT2D eigenvalue weighted by Crippen LogP contribution is -1.99. The normalized spacial score (nSPS) is 10.9. The number of hydrogen-bond donors (Lipinski definition) is 1. The molecule has 0 aromatic heterocycles. The zero-order chi connectivity index (χ0) is 12.7. The van der Waals surface area contributed by atoms with Crippen LogP contribution in [-0.2, 0) is 0 Å². The van der Waals surface area contributed by atoms with Gasteiger partial charge in [0.05, 0.1) is 5.56 Å². The van der Waals surface area contributed by atoms with Crippen molar-refractivity contribution >= 4 is 27.5 Å². The number of aryl methyl sites for hydroxylation is 1. The minimum atomic E-state index is -0.873. The van der Waals surface area contributed by atoms with E-state index >= 15 is 0 Å². The van der Waals surface area contributed by atoms with Crippen LogP contribution in [0.15, 0.2) is 48.5 Å². The Hall–Kier alpha value is -2.35. The van der Waals surface area contributed by atoms with Crippen molar-refractivity contribution in [1.29, 1.82) is 0 Å². The first-order chi connectivity index (χ1) is 8.68. The van der Waals surface area contributed by atoms with Gasteiger partial charge in [-0.05, 0) is 40.1 Å². The first-order valence-electron chi connectivity index (χ1n) is 5.83. The molecule has 1 N–H and O–H groups in total. The van der Waals surface area contributed by atoms with Gasteiger partial charge in [0.25, 0.3) is 0 Å². The molecule has 0 radical (unpaired) electrons. The zero-order valence-corrected chi connectivity index (χ0v) is 9.97. The molecule has 0 spiro atoms. The Morgan fingerprint density at radius 2 is 1.67 bits per heavy atom. The van der Waals surface area contributed by atoms with Gasteiger partial charge in [0, 0.05) is 0 Å². The van der Waals surface area contributed by atoms with E-state index in [1.807, 2.05) is 49.4 Å². The summed E-state index contributed by atoms with van der Waals surface area (Å²) in [6.45, 7) is 2.00. The molecule has 0 atom stereocenters. The van der Waals surface area contributed by atoms with Crippen LogP contribution >= 0.6 is 0 Å². The maximum Gasteiger partial charge on any atom is 0.336 e. The SMILES string of the molecule is Cc1cccc2c(C(=O)O)c3ccccc3cc12. The predicted octanol–water partition coefficient (Wildman–Crippen LogP) is 4.00. The van der Waals surface area contributed by atoms with Crippen molar-refractivity contribution in [3.05, 3.63) is 59.7 Å². The molecule has 0 saturated carbocycles. The van der Waals surface area contributed by atoms with E-state index in [4.69, 9.17) is 0 Å². The smallest absolute Gasteiger partial charge is 0.336 e. The lowest BCUT2D eigenvalue weighted by Gasteiger charge is -2.09. The fourth-order valence-corrected chi connectivity index (χ4v) is 2.47. The Morgan fingerprint density at radius 3 is 2.44 bits per heavy atom. The highest BCUT2D eigenvalue weighted by Gasteiger charge is 2.14. The van der Waals surface area contributed by atoms with E-state index in [1.165, 1.54) is 0 Å². The third-order valence-electron chi connectivity index (χ3n) is 3.34. The summed E-state index contributed by atoms with van der Waals surface area (Å²) in [7, 11) is 0. The average Bonchev–Trinajstić information content (AvgIpc) is 2.36. The summed E-state index contributed by atoms with van der Waals surface area (Å²) in [5.74, 6) is -0.873. The van der Waals surface area contributed by atoms with Crippen LogP contribution in [0.2, 0.25) is 0 Å². The minimum absolute atomic E-state index is 0.395. The van der Waals surface area contributed by atoms with Crippen molar-refractivity contribution in [2.75, 3.05) is 0 Å². The first-order valence-corrected chi connectivity index (χ1v) is 5.83. The van der Waals surface area contributed by atoms with Crippen LogP contribution in [0.4, 0.5) is 0 Å². The molecule has 0 unspecified atom stereocenters. The molecule has 88 valence electrons. The maximum atomic E-state index is 11.5. The van der Waals surface area contributed by atoms with Crippen molar-refractivity contribution in [2.45, 2.75) is 6.92 Å². The molecular weight excluding hydrogens is 224 g/mol. The maximum absolute atomic E-state index is 11.5. The van der Waals surface area contributed by atoms with E-state index < -0.39 is 5.97 Å². The quantitative estimate of drug-likeness (QED) is 0.648. The monoisotopic (exact) mass is 236 g/mol. The number of aromatic carboxylic acids is 1. The number of hydrogen-bond acceptors (Lipinski definition) is 1. The van der Waals surface area contributed by atoms with Gasteiger partial charge in [0.15, 0.2) is 0 Å². The number of carboxylic acid groups (broad SMARTS) is 1. The molecule has 0 amide bonds. The molecule has 0 bridgehead atoms. The molecule has 0 aliphatic rings. The molecule has 0 aliphatic heterocycles. The van der Waals surface area contributed by atoms with E-state index in [-0.39, 0.29) is 0 Å². The van der Waals surface area contributed by atoms with Crippen LogP contribution in [-0.4, -0.2) is 11.1 Å². The van der Waals surface area contributed by atoms with Gasteiger partial charge in [0.1, 0.15) is 0 Å². The van der Waals surface area contributed by atoms with Crippen molar-refractivity contribution in [3.63, 3.8) is 0 Å². The van der Waals surface area contributed by atoms with Crippen molar-refractivity contribution in [3.8, 4) is 0 Å². The van der Waals surface area contributed by atoms with E-state index in [2.05, 4.69) is 6.07 Å². The lowest BCUT2D eigenvalue weighted by molar-refractivity contribution is 0.0701. The highest BCUT2D eigenvalue weighted by molar-refractivity contribution is 6.16. The van der Waals surface area contributed by atoms with Gasteiger partial charge in [-0.2, -0.15) is 0 Å². The first kappa shape index (κ1) is 10.8. The number of benzene rings is 3. The average molecular weight is 236 g/mol. The van der Waals surface area contributed by atoms with Crippen LogP contribution in [0.1, 0.15) is 15.9 Å². The highest BCUT2D eigenvalue weighted by Crippen LogP contribution is 2.30. The van der Waals surface area contributed by atoms with Crippen molar-refractivity contribution in [2.24, 2.45) is 0 Å². The summed E-state index contributed by atoms with van der Waals surface area (Å²) in [5.41, 5.74) is 1.49. The van der Waals surface area contributed by atoms with Gasteiger partial charge in [-0.25, -0.2) is 4.79 Å². The summed E-state index contributed by atoms with van der Waals surface area (Å²) in [4.78, 5) is 11.5. The fourth-order valence-electron chi connectivity index (χ4n) is 2.47. The Kier molecular flexibility index (Phi) is 2.30. The van der Waals surface area contributed by atoms with Gasteiger partial charge >= 0.3 is 5.97 Å². The van der Waals surface area contributed by atoms with Crippen molar-refractivity contribution < 1.29 is 9.90 Å².